The second-order valence-corrected chi connectivity index (χ2v) is 9.00. The number of carbonyl (C=O) groups is 3. The number of fused-ring (bicyclic) bond motifs is 1. The molecule has 0 spiro atoms. The number of rotatable bonds is 5. The number of carboxylic acid groups (broad SMARTS) is 2. The Labute approximate surface area is 216 Å². The van der Waals surface area contributed by atoms with E-state index in [0.717, 1.165) is 25.3 Å². The summed E-state index contributed by atoms with van der Waals surface area (Å²) in [6, 6.07) is 5.86. The number of aromatic nitrogens is 1. The lowest BCUT2D eigenvalue weighted by molar-refractivity contribution is -0.193. The molecule has 0 aromatic carbocycles. The number of nitrogens with one attached hydrogen (secondary N) is 1. The maximum Gasteiger partial charge on any atom is 0.490 e. The smallest absolute Gasteiger partial charge is 0.475 e. The Bertz CT molecular complexity index is 1030. The van der Waals surface area contributed by atoms with E-state index in [-0.39, 0.29) is 12.0 Å². The van der Waals surface area contributed by atoms with Crippen molar-refractivity contribution in [3.8, 4) is 0 Å². The third-order valence-electron chi connectivity index (χ3n) is 5.38. The summed E-state index contributed by atoms with van der Waals surface area (Å²) >= 11 is 1.74. The average Bonchev–Trinajstić information content (AvgIpc) is 3.54. The lowest BCUT2D eigenvalue weighted by atomic mass is 9.90. The third kappa shape index (κ3) is 10.3. The molecule has 2 fully saturated rings. The molecular weight excluding hydrogens is 548 g/mol. The van der Waals surface area contributed by atoms with Crippen LogP contribution in [-0.4, -0.2) is 76.1 Å². The van der Waals surface area contributed by atoms with Gasteiger partial charge in [-0.2, -0.15) is 37.7 Å². The highest BCUT2D eigenvalue weighted by Crippen LogP contribution is 2.36. The van der Waals surface area contributed by atoms with Crippen LogP contribution >= 0.6 is 11.3 Å². The zero-order valence-corrected chi connectivity index (χ0v) is 20.2. The standard InChI is InChI=1S/C18H21N3O2S.2C2HF3O2/c22-18(20-15-2-1-4-19-7-15)6-14-11-23-17-10-21(9-16(14)17)8-13-3-5-24-12-13;2*3-2(4,5)1(6)7/h1-5,7,12,14,16-17H,6,8-11H2,(H,20,22);2*(H,6,7)/t14-,16+,17+;;/m0../s1. The fraction of sp³-hybridized carbons (Fsp3) is 0.455. The van der Waals surface area contributed by atoms with E-state index in [1.807, 2.05) is 12.1 Å². The fourth-order valence-electron chi connectivity index (χ4n) is 3.75. The van der Waals surface area contributed by atoms with Crippen LogP contribution in [0.2, 0.25) is 0 Å². The highest BCUT2D eigenvalue weighted by molar-refractivity contribution is 7.07. The van der Waals surface area contributed by atoms with Gasteiger partial charge in [0.25, 0.3) is 0 Å². The Morgan fingerprint density at radius 3 is 2.21 bits per heavy atom. The van der Waals surface area contributed by atoms with E-state index in [9.17, 15) is 31.1 Å². The van der Waals surface area contributed by atoms with Crippen molar-refractivity contribution in [2.75, 3.05) is 25.0 Å². The zero-order chi connectivity index (χ0) is 28.5. The molecule has 16 heteroatoms. The number of nitrogens with zero attached hydrogens (tertiary/aromatic N) is 2. The van der Waals surface area contributed by atoms with E-state index in [2.05, 4.69) is 32.0 Å². The minimum atomic E-state index is -5.08. The van der Waals surface area contributed by atoms with Gasteiger partial charge in [0.15, 0.2) is 0 Å². The van der Waals surface area contributed by atoms with Gasteiger partial charge in [-0.25, -0.2) is 9.59 Å². The normalized spacial score (nSPS) is 20.8. The van der Waals surface area contributed by atoms with E-state index in [1.54, 1.807) is 23.7 Å². The molecule has 2 aromatic heterocycles. The number of carboxylic acids is 2. The van der Waals surface area contributed by atoms with Gasteiger partial charge in [0.05, 0.1) is 24.6 Å². The maximum atomic E-state index is 12.3. The molecule has 0 saturated carbocycles. The number of anilines is 1. The summed E-state index contributed by atoms with van der Waals surface area (Å²) in [5.41, 5.74) is 2.12. The highest BCUT2D eigenvalue weighted by atomic mass is 32.1. The van der Waals surface area contributed by atoms with Crippen molar-refractivity contribution >= 4 is 34.9 Å². The molecule has 2 saturated heterocycles. The van der Waals surface area contributed by atoms with Gasteiger partial charge in [-0.1, -0.05) is 0 Å². The number of alkyl halides is 6. The summed E-state index contributed by atoms with van der Waals surface area (Å²) in [7, 11) is 0. The van der Waals surface area contributed by atoms with Crippen LogP contribution in [0.3, 0.4) is 0 Å². The molecule has 2 aliphatic heterocycles. The summed E-state index contributed by atoms with van der Waals surface area (Å²) in [4.78, 5) is 36.5. The van der Waals surface area contributed by atoms with Crippen molar-refractivity contribution in [1.82, 2.24) is 9.88 Å². The molecule has 3 atom stereocenters. The fourth-order valence-corrected chi connectivity index (χ4v) is 4.41. The van der Waals surface area contributed by atoms with E-state index >= 15 is 0 Å². The van der Waals surface area contributed by atoms with E-state index in [1.165, 1.54) is 5.56 Å². The number of pyridine rings is 1. The Balaban J connectivity index is 0.000000301. The molecule has 0 unspecified atom stereocenters. The van der Waals surface area contributed by atoms with Crippen molar-refractivity contribution in [1.29, 1.82) is 0 Å². The molecule has 3 N–H and O–H groups in total. The van der Waals surface area contributed by atoms with Crippen LogP contribution in [0, 0.1) is 11.8 Å². The molecule has 0 aliphatic carbocycles. The van der Waals surface area contributed by atoms with E-state index in [0.29, 0.717) is 24.9 Å². The van der Waals surface area contributed by atoms with Crippen molar-refractivity contribution in [3.05, 3.63) is 46.9 Å². The Hall–Kier alpha value is -3.24. The van der Waals surface area contributed by atoms with Gasteiger partial charge < -0.3 is 20.3 Å². The first kappa shape index (κ1) is 31.0. The number of carbonyl (C=O) groups excluding carboxylic acids is 1. The largest absolute Gasteiger partial charge is 0.490 e. The number of thiophene rings is 1. The maximum absolute atomic E-state index is 12.3. The number of hydrogen-bond donors (Lipinski definition) is 3. The summed E-state index contributed by atoms with van der Waals surface area (Å²) in [5.74, 6) is -4.70. The van der Waals surface area contributed by atoms with Crippen molar-refractivity contribution in [2.45, 2.75) is 31.4 Å². The molecule has 38 heavy (non-hydrogen) atoms. The van der Waals surface area contributed by atoms with Crippen LogP contribution in [0.5, 0.6) is 0 Å². The molecule has 4 heterocycles. The minimum Gasteiger partial charge on any atom is -0.475 e. The molecule has 4 rings (SSSR count). The van der Waals surface area contributed by atoms with Gasteiger partial charge in [0, 0.05) is 38.2 Å². The minimum absolute atomic E-state index is 0.0496. The van der Waals surface area contributed by atoms with Crippen molar-refractivity contribution in [2.24, 2.45) is 11.8 Å². The van der Waals surface area contributed by atoms with Crippen LogP contribution in [0.25, 0.3) is 0 Å². The molecule has 0 bridgehead atoms. The van der Waals surface area contributed by atoms with Gasteiger partial charge in [-0.15, -0.1) is 0 Å². The van der Waals surface area contributed by atoms with Gasteiger partial charge in [0.2, 0.25) is 5.91 Å². The first-order valence-electron chi connectivity index (χ1n) is 10.8. The molecule has 1 amide bonds. The Kier molecular flexibility index (Phi) is 11.0. The van der Waals surface area contributed by atoms with Crippen LogP contribution in [0.15, 0.2) is 41.4 Å². The molecule has 210 valence electrons. The lowest BCUT2D eigenvalue weighted by Gasteiger charge is -2.19. The van der Waals surface area contributed by atoms with Gasteiger partial charge in [-0.05, 0) is 40.4 Å². The van der Waals surface area contributed by atoms with Crippen LogP contribution in [0.1, 0.15) is 12.0 Å². The Morgan fingerprint density at radius 2 is 1.71 bits per heavy atom. The van der Waals surface area contributed by atoms with Crippen LogP contribution in [0.4, 0.5) is 32.0 Å². The van der Waals surface area contributed by atoms with Crippen molar-refractivity contribution in [3.63, 3.8) is 0 Å². The monoisotopic (exact) mass is 571 g/mol. The molecular formula is C22H23F6N3O6S. The lowest BCUT2D eigenvalue weighted by Crippen LogP contribution is -2.26. The van der Waals surface area contributed by atoms with Crippen molar-refractivity contribution < 1.29 is 55.7 Å². The van der Waals surface area contributed by atoms with E-state index < -0.39 is 24.3 Å². The topological polar surface area (TPSA) is 129 Å². The molecule has 0 radical (unpaired) electrons. The summed E-state index contributed by atoms with van der Waals surface area (Å²) in [6.45, 7) is 3.67. The van der Waals surface area contributed by atoms with Crippen LogP contribution in [-0.2, 0) is 25.7 Å². The van der Waals surface area contributed by atoms with E-state index in [4.69, 9.17) is 24.5 Å². The third-order valence-corrected chi connectivity index (χ3v) is 6.11. The summed E-state index contributed by atoms with van der Waals surface area (Å²) < 4.78 is 69.4. The summed E-state index contributed by atoms with van der Waals surface area (Å²) in [6.07, 6.45) is -6.00. The van der Waals surface area contributed by atoms with Crippen LogP contribution < -0.4 is 5.32 Å². The number of halogens is 6. The van der Waals surface area contributed by atoms with Gasteiger partial charge in [-0.3, -0.25) is 14.7 Å². The SMILES string of the molecule is O=C(C[C@H]1CO[C@@H]2CN(Cc3ccsc3)C[C@H]12)Nc1cccnc1.O=C(O)C(F)(F)F.O=C(O)C(F)(F)F. The number of likely N-dealkylation sites (tertiary alicyclic amines) is 1. The second-order valence-electron chi connectivity index (χ2n) is 8.22. The second kappa shape index (κ2) is 13.5. The zero-order valence-electron chi connectivity index (χ0n) is 19.4. The number of amides is 1. The first-order chi connectivity index (χ1) is 17.7. The number of aliphatic carboxylic acids is 2. The molecule has 9 nitrogen and oxygen atoms in total. The first-order valence-corrected chi connectivity index (χ1v) is 11.8. The number of ether oxygens (including phenoxy) is 1. The Morgan fingerprint density at radius 1 is 1.08 bits per heavy atom. The summed E-state index contributed by atoms with van der Waals surface area (Å²) in [5, 5.41) is 21.5. The average molecular weight is 571 g/mol. The molecule has 2 aromatic rings. The molecule has 2 aliphatic rings. The predicted octanol–water partition coefficient (Wildman–Crippen LogP) is 3.89. The quantitative estimate of drug-likeness (QED) is 0.462. The van der Waals surface area contributed by atoms with Gasteiger partial charge in [0.1, 0.15) is 0 Å². The van der Waals surface area contributed by atoms with Gasteiger partial charge >= 0.3 is 24.3 Å². The highest BCUT2D eigenvalue weighted by Gasteiger charge is 2.44. The number of hydrogen-bond acceptors (Lipinski definition) is 7. The predicted molar refractivity (Wildman–Crippen MR) is 121 cm³/mol.